The molecule has 0 saturated heterocycles. The van der Waals surface area contributed by atoms with Crippen molar-refractivity contribution in [1.82, 2.24) is 15.3 Å². The molecule has 0 radical (unpaired) electrons. The Morgan fingerprint density at radius 2 is 1.81 bits per heavy atom. The van der Waals surface area contributed by atoms with Crippen LogP contribution in [-0.2, 0) is 11.2 Å². The Balaban J connectivity index is 1.47. The van der Waals surface area contributed by atoms with Gasteiger partial charge in [-0.3, -0.25) is 9.59 Å². The molecule has 0 spiro atoms. The van der Waals surface area contributed by atoms with Gasteiger partial charge in [0.2, 0.25) is 0 Å². The van der Waals surface area contributed by atoms with E-state index in [1.807, 2.05) is 42.5 Å². The Morgan fingerprint density at radius 3 is 2.65 bits per heavy atom. The number of hydrogen-bond acceptors (Lipinski definition) is 4. The number of para-hydroxylation sites is 1. The summed E-state index contributed by atoms with van der Waals surface area (Å²) in [5.41, 5.74) is 2.11. The number of amides is 1. The van der Waals surface area contributed by atoms with Crippen LogP contribution in [0.2, 0.25) is 0 Å². The van der Waals surface area contributed by atoms with Crippen molar-refractivity contribution in [3.63, 3.8) is 0 Å². The van der Waals surface area contributed by atoms with Crippen LogP contribution in [0, 0.1) is 0 Å². The van der Waals surface area contributed by atoms with Crippen LogP contribution in [0.1, 0.15) is 5.56 Å². The van der Waals surface area contributed by atoms with E-state index in [9.17, 15) is 9.59 Å². The monoisotopic (exact) mass is 477 g/mol. The van der Waals surface area contributed by atoms with E-state index in [1.54, 1.807) is 30.3 Å². The molecule has 1 heterocycles. The van der Waals surface area contributed by atoms with Crippen molar-refractivity contribution >= 4 is 32.7 Å². The molecule has 4 aromatic rings. The Hall–Kier alpha value is -3.45. The molecule has 0 bridgehead atoms. The summed E-state index contributed by atoms with van der Waals surface area (Å²) in [6.07, 6.45) is 0.748. The Morgan fingerprint density at radius 1 is 1.03 bits per heavy atom. The zero-order chi connectivity index (χ0) is 21.6. The van der Waals surface area contributed by atoms with Gasteiger partial charge in [-0.05, 0) is 42.3 Å². The van der Waals surface area contributed by atoms with Crippen LogP contribution in [0.4, 0.5) is 0 Å². The summed E-state index contributed by atoms with van der Waals surface area (Å²) in [5.74, 6) is 0.620. The molecule has 0 saturated carbocycles. The molecule has 0 unspecified atom stereocenters. The second kappa shape index (κ2) is 9.57. The lowest BCUT2D eigenvalue weighted by Crippen LogP contribution is -2.30. The van der Waals surface area contributed by atoms with Gasteiger partial charge in [0.15, 0.2) is 6.61 Å². The van der Waals surface area contributed by atoms with Gasteiger partial charge in [0, 0.05) is 11.0 Å². The summed E-state index contributed by atoms with van der Waals surface area (Å²) < 4.78 is 6.57. The minimum atomic E-state index is -0.231. The van der Waals surface area contributed by atoms with Crippen molar-refractivity contribution in [2.45, 2.75) is 6.42 Å². The maximum Gasteiger partial charge on any atom is 0.259 e. The van der Waals surface area contributed by atoms with Crippen molar-refractivity contribution in [1.29, 1.82) is 0 Å². The van der Waals surface area contributed by atoms with E-state index < -0.39 is 0 Å². The second-order valence-corrected chi connectivity index (χ2v) is 7.86. The Labute approximate surface area is 187 Å². The summed E-state index contributed by atoms with van der Waals surface area (Å²) in [7, 11) is 0. The predicted octanol–water partition coefficient (Wildman–Crippen LogP) is 4.09. The lowest BCUT2D eigenvalue weighted by atomic mass is 10.1. The van der Waals surface area contributed by atoms with E-state index in [4.69, 9.17) is 4.74 Å². The molecule has 0 atom stereocenters. The first-order valence-corrected chi connectivity index (χ1v) is 10.6. The standard InChI is InChI=1S/C24H20BrN3O3/c25-17-10-11-21(31-15-22(29)26-13-12-16-6-2-1-3-7-16)19(14-17)23-27-20-9-5-4-8-18(20)24(30)28-23/h1-11,14H,12-13,15H2,(H,26,29)(H,27,28,30). The summed E-state index contributed by atoms with van der Waals surface area (Å²) in [6, 6.07) is 22.4. The summed E-state index contributed by atoms with van der Waals surface area (Å²) in [4.78, 5) is 32.1. The number of ether oxygens (including phenoxy) is 1. The highest BCUT2D eigenvalue weighted by molar-refractivity contribution is 9.10. The number of hydrogen-bond donors (Lipinski definition) is 2. The number of aromatic amines is 1. The second-order valence-electron chi connectivity index (χ2n) is 6.95. The smallest absolute Gasteiger partial charge is 0.259 e. The molecule has 1 aromatic heterocycles. The first kappa shape index (κ1) is 20.8. The average molecular weight is 478 g/mol. The van der Waals surface area contributed by atoms with Crippen LogP contribution in [0.25, 0.3) is 22.3 Å². The van der Waals surface area contributed by atoms with Crippen LogP contribution < -0.4 is 15.6 Å². The summed E-state index contributed by atoms with van der Waals surface area (Å²) in [5, 5.41) is 3.37. The van der Waals surface area contributed by atoms with E-state index in [1.165, 1.54) is 0 Å². The molecule has 1 amide bonds. The molecule has 3 aromatic carbocycles. The zero-order valence-electron chi connectivity index (χ0n) is 16.6. The third-order valence-electron chi connectivity index (χ3n) is 4.75. The van der Waals surface area contributed by atoms with Crippen molar-refractivity contribution in [3.8, 4) is 17.1 Å². The molecule has 0 aliphatic rings. The first-order chi connectivity index (χ1) is 15.1. The number of nitrogens with one attached hydrogen (secondary N) is 2. The summed E-state index contributed by atoms with van der Waals surface area (Å²) in [6.45, 7) is 0.389. The lowest BCUT2D eigenvalue weighted by Gasteiger charge is -2.12. The fourth-order valence-electron chi connectivity index (χ4n) is 3.21. The van der Waals surface area contributed by atoms with E-state index in [0.29, 0.717) is 34.6 Å². The number of fused-ring (bicyclic) bond motifs is 1. The number of carbonyl (C=O) groups is 1. The third-order valence-corrected chi connectivity index (χ3v) is 5.24. The molecule has 2 N–H and O–H groups in total. The van der Waals surface area contributed by atoms with Crippen LogP contribution in [-0.4, -0.2) is 29.0 Å². The van der Waals surface area contributed by atoms with Crippen LogP contribution in [0.5, 0.6) is 5.75 Å². The summed E-state index contributed by atoms with van der Waals surface area (Å²) >= 11 is 3.44. The van der Waals surface area contributed by atoms with Gasteiger partial charge in [0.05, 0.1) is 16.5 Å². The molecule has 6 nitrogen and oxygen atoms in total. The van der Waals surface area contributed by atoms with Gasteiger partial charge in [-0.25, -0.2) is 4.98 Å². The zero-order valence-corrected chi connectivity index (χ0v) is 18.2. The number of halogens is 1. The first-order valence-electron chi connectivity index (χ1n) is 9.82. The molecule has 0 aliphatic carbocycles. The number of carbonyl (C=O) groups excluding carboxylic acids is 1. The maximum absolute atomic E-state index is 12.5. The Kier molecular flexibility index (Phi) is 6.43. The highest BCUT2D eigenvalue weighted by Crippen LogP contribution is 2.30. The minimum absolute atomic E-state index is 0.138. The molecule has 0 aliphatic heterocycles. The SMILES string of the molecule is O=C(COc1ccc(Br)cc1-c1nc2ccccc2c(=O)[nH]1)NCCc1ccccc1. The highest BCUT2D eigenvalue weighted by atomic mass is 79.9. The van der Waals surface area contributed by atoms with Crippen LogP contribution in [0.3, 0.4) is 0 Å². The maximum atomic E-state index is 12.5. The highest BCUT2D eigenvalue weighted by Gasteiger charge is 2.13. The fourth-order valence-corrected chi connectivity index (χ4v) is 3.57. The van der Waals surface area contributed by atoms with Gasteiger partial charge in [-0.1, -0.05) is 58.4 Å². The number of nitrogens with zero attached hydrogens (tertiary/aromatic N) is 1. The molecule has 4 rings (SSSR count). The van der Waals surface area contributed by atoms with E-state index >= 15 is 0 Å². The quantitative estimate of drug-likeness (QED) is 0.419. The molecular formula is C24H20BrN3O3. The van der Waals surface area contributed by atoms with Crippen molar-refractivity contribution in [2.24, 2.45) is 0 Å². The Bertz CT molecular complexity index is 1270. The van der Waals surface area contributed by atoms with Crippen LogP contribution >= 0.6 is 15.9 Å². The van der Waals surface area contributed by atoms with Crippen molar-refractivity contribution in [2.75, 3.05) is 13.2 Å². The van der Waals surface area contributed by atoms with Gasteiger partial charge in [0.25, 0.3) is 11.5 Å². The van der Waals surface area contributed by atoms with Crippen molar-refractivity contribution < 1.29 is 9.53 Å². The van der Waals surface area contributed by atoms with Crippen LogP contribution in [0.15, 0.2) is 82.1 Å². The fraction of sp³-hybridized carbons (Fsp3) is 0.125. The largest absolute Gasteiger partial charge is 0.483 e. The molecule has 156 valence electrons. The van der Waals surface area contributed by atoms with Crippen molar-refractivity contribution in [3.05, 3.63) is 93.2 Å². The average Bonchev–Trinajstić information content (AvgIpc) is 2.79. The van der Waals surface area contributed by atoms with E-state index in [-0.39, 0.29) is 18.1 Å². The topological polar surface area (TPSA) is 84.1 Å². The van der Waals surface area contributed by atoms with E-state index in [0.717, 1.165) is 16.5 Å². The van der Waals surface area contributed by atoms with Gasteiger partial charge in [-0.15, -0.1) is 0 Å². The van der Waals surface area contributed by atoms with Gasteiger partial charge < -0.3 is 15.0 Å². The number of rotatable bonds is 7. The molecule has 7 heteroatoms. The molecular weight excluding hydrogens is 458 g/mol. The normalized spacial score (nSPS) is 10.7. The predicted molar refractivity (Wildman–Crippen MR) is 124 cm³/mol. The number of benzene rings is 3. The van der Waals surface area contributed by atoms with E-state index in [2.05, 4.69) is 31.2 Å². The third kappa shape index (κ3) is 5.19. The minimum Gasteiger partial charge on any atom is -0.483 e. The molecule has 31 heavy (non-hydrogen) atoms. The lowest BCUT2D eigenvalue weighted by molar-refractivity contribution is -0.123. The van der Waals surface area contributed by atoms with Gasteiger partial charge in [0.1, 0.15) is 11.6 Å². The number of aromatic nitrogens is 2. The van der Waals surface area contributed by atoms with Gasteiger partial charge >= 0.3 is 0 Å². The molecule has 0 fully saturated rings. The van der Waals surface area contributed by atoms with Gasteiger partial charge in [-0.2, -0.15) is 0 Å². The number of H-pyrrole nitrogens is 1.